The van der Waals surface area contributed by atoms with Gasteiger partial charge in [0.1, 0.15) is 5.75 Å². The van der Waals surface area contributed by atoms with Crippen molar-refractivity contribution in [1.29, 1.82) is 0 Å². The van der Waals surface area contributed by atoms with Crippen LogP contribution in [0.1, 0.15) is 18.4 Å². The Hall–Kier alpha value is -3.72. The number of hydrogen-bond acceptors (Lipinski definition) is 6. The van der Waals surface area contributed by atoms with Crippen LogP contribution in [0.4, 0.5) is 11.4 Å². The van der Waals surface area contributed by atoms with Crippen molar-refractivity contribution in [3.8, 4) is 23.0 Å². The Balaban J connectivity index is 1.84. The average molecular weight is 557 g/mol. The van der Waals surface area contributed by atoms with Crippen LogP contribution in [0, 0.1) is 0 Å². The fourth-order valence-corrected chi connectivity index (χ4v) is 3.84. The van der Waals surface area contributed by atoms with Gasteiger partial charge in [-0.05, 0) is 42.0 Å². The molecule has 0 aliphatic carbocycles. The SMILES string of the molecule is COc1ccc(CN(C(=O)CCC(=O)Nc2ccc(Br)cc2)c2cc(OC)c(OC)c(OC)c2)cc1. The number of anilines is 2. The molecule has 0 bridgehead atoms. The second-order valence-electron chi connectivity index (χ2n) is 7.77. The van der Waals surface area contributed by atoms with Gasteiger partial charge in [0.05, 0.1) is 40.7 Å². The molecular formula is C27H29BrN2O6. The summed E-state index contributed by atoms with van der Waals surface area (Å²) in [5, 5.41) is 2.82. The van der Waals surface area contributed by atoms with E-state index < -0.39 is 0 Å². The van der Waals surface area contributed by atoms with Gasteiger partial charge in [-0.15, -0.1) is 0 Å². The summed E-state index contributed by atoms with van der Waals surface area (Å²) in [7, 11) is 6.15. The van der Waals surface area contributed by atoms with E-state index in [1.165, 1.54) is 21.3 Å². The smallest absolute Gasteiger partial charge is 0.227 e. The molecule has 3 rings (SSSR count). The van der Waals surface area contributed by atoms with Gasteiger partial charge in [0.25, 0.3) is 0 Å². The van der Waals surface area contributed by atoms with Gasteiger partial charge in [0.15, 0.2) is 11.5 Å². The number of methoxy groups -OCH3 is 4. The van der Waals surface area contributed by atoms with Crippen molar-refractivity contribution >= 4 is 39.1 Å². The van der Waals surface area contributed by atoms with E-state index in [0.717, 1.165) is 10.0 Å². The summed E-state index contributed by atoms with van der Waals surface area (Å²) in [6.07, 6.45) is 0.0353. The highest BCUT2D eigenvalue weighted by atomic mass is 79.9. The maximum absolute atomic E-state index is 13.4. The van der Waals surface area contributed by atoms with Crippen molar-refractivity contribution in [3.63, 3.8) is 0 Å². The van der Waals surface area contributed by atoms with Gasteiger partial charge in [0, 0.05) is 35.1 Å². The monoisotopic (exact) mass is 556 g/mol. The molecule has 36 heavy (non-hydrogen) atoms. The van der Waals surface area contributed by atoms with Crippen LogP contribution in [0.3, 0.4) is 0 Å². The van der Waals surface area contributed by atoms with Crippen LogP contribution >= 0.6 is 15.9 Å². The third-order valence-corrected chi connectivity index (χ3v) is 5.98. The minimum atomic E-state index is -0.250. The van der Waals surface area contributed by atoms with Crippen molar-refractivity contribution in [1.82, 2.24) is 0 Å². The number of halogens is 1. The predicted octanol–water partition coefficient (Wildman–Crippen LogP) is 5.44. The lowest BCUT2D eigenvalue weighted by Gasteiger charge is -2.25. The van der Waals surface area contributed by atoms with Gasteiger partial charge in [-0.2, -0.15) is 0 Å². The van der Waals surface area contributed by atoms with Crippen LogP contribution < -0.4 is 29.2 Å². The van der Waals surface area contributed by atoms with E-state index in [4.69, 9.17) is 18.9 Å². The molecule has 0 radical (unpaired) electrons. The molecular weight excluding hydrogens is 528 g/mol. The van der Waals surface area contributed by atoms with Gasteiger partial charge < -0.3 is 29.2 Å². The second kappa shape index (κ2) is 12.8. The molecule has 0 aliphatic heterocycles. The average Bonchev–Trinajstić information content (AvgIpc) is 2.91. The van der Waals surface area contributed by atoms with E-state index in [1.807, 2.05) is 36.4 Å². The molecule has 9 heteroatoms. The molecule has 3 aromatic rings. The summed E-state index contributed by atoms with van der Waals surface area (Å²) < 4.78 is 22.5. The summed E-state index contributed by atoms with van der Waals surface area (Å²) in [5.74, 6) is 1.51. The lowest BCUT2D eigenvalue weighted by Crippen LogP contribution is -2.31. The number of rotatable bonds is 11. The summed E-state index contributed by atoms with van der Waals surface area (Å²) >= 11 is 3.37. The van der Waals surface area contributed by atoms with E-state index >= 15 is 0 Å². The number of nitrogens with zero attached hydrogens (tertiary/aromatic N) is 1. The fourth-order valence-electron chi connectivity index (χ4n) is 3.57. The molecule has 1 N–H and O–H groups in total. The molecule has 0 aromatic heterocycles. The van der Waals surface area contributed by atoms with Crippen molar-refractivity contribution in [3.05, 3.63) is 70.7 Å². The number of ether oxygens (including phenoxy) is 4. The number of carbonyl (C=O) groups excluding carboxylic acids is 2. The van der Waals surface area contributed by atoms with Crippen LogP contribution in [-0.4, -0.2) is 40.3 Å². The van der Waals surface area contributed by atoms with Gasteiger partial charge >= 0.3 is 0 Å². The first-order valence-corrected chi connectivity index (χ1v) is 12.0. The van der Waals surface area contributed by atoms with Crippen molar-refractivity contribution in [2.45, 2.75) is 19.4 Å². The summed E-state index contributed by atoms with van der Waals surface area (Å²) in [6.45, 7) is 0.274. The Morgan fingerprint density at radius 1 is 0.806 bits per heavy atom. The summed E-state index contributed by atoms with van der Waals surface area (Å²) in [5.41, 5.74) is 2.10. The molecule has 0 aliphatic rings. The molecule has 3 aromatic carbocycles. The minimum absolute atomic E-state index is 0.00910. The predicted molar refractivity (Wildman–Crippen MR) is 142 cm³/mol. The maximum atomic E-state index is 13.4. The normalized spacial score (nSPS) is 10.4. The minimum Gasteiger partial charge on any atom is -0.497 e. The first kappa shape index (κ1) is 26.9. The quantitative estimate of drug-likeness (QED) is 0.338. The third kappa shape index (κ3) is 6.91. The molecule has 0 atom stereocenters. The highest BCUT2D eigenvalue weighted by Crippen LogP contribution is 2.41. The van der Waals surface area contributed by atoms with E-state index in [9.17, 15) is 9.59 Å². The zero-order chi connectivity index (χ0) is 26.1. The van der Waals surface area contributed by atoms with Crippen molar-refractivity contribution in [2.24, 2.45) is 0 Å². The third-order valence-electron chi connectivity index (χ3n) is 5.46. The Bertz CT molecular complexity index is 1160. The largest absolute Gasteiger partial charge is 0.497 e. The number of hydrogen-bond donors (Lipinski definition) is 1. The van der Waals surface area contributed by atoms with Crippen molar-refractivity contribution in [2.75, 3.05) is 38.7 Å². The molecule has 8 nitrogen and oxygen atoms in total. The Kier molecular flexibility index (Phi) is 9.58. The first-order chi connectivity index (χ1) is 17.4. The number of benzene rings is 3. The van der Waals surface area contributed by atoms with Gasteiger partial charge in [-0.3, -0.25) is 9.59 Å². The van der Waals surface area contributed by atoms with Gasteiger partial charge in [-0.1, -0.05) is 28.1 Å². The van der Waals surface area contributed by atoms with Crippen LogP contribution in [0.2, 0.25) is 0 Å². The molecule has 2 amide bonds. The fraction of sp³-hybridized carbons (Fsp3) is 0.259. The van der Waals surface area contributed by atoms with Crippen LogP contribution in [0.15, 0.2) is 65.1 Å². The number of nitrogens with one attached hydrogen (secondary N) is 1. The Labute approximate surface area is 219 Å². The molecule has 0 fully saturated rings. The van der Waals surface area contributed by atoms with Crippen LogP contribution in [-0.2, 0) is 16.1 Å². The molecule has 0 saturated carbocycles. The summed E-state index contributed by atoms with van der Waals surface area (Å²) in [6, 6.07) is 18.1. The second-order valence-corrected chi connectivity index (χ2v) is 8.68. The van der Waals surface area contributed by atoms with E-state index in [2.05, 4.69) is 21.2 Å². The van der Waals surface area contributed by atoms with E-state index in [-0.39, 0.29) is 31.2 Å². The lowest BCUT2D eigenvalue weighted by atomic mass is 10.1. The van der Waals surface area contributed by atoms with E-state index in [1.54, 1.807) is 36.3 Å². The summed E-state index contributed by atoms with van der Waals surface area (Å²) in [4.78, 5) is 27.5. The topological polar surface area (TPSA) is 86.3 Å². The highest BCUT2D eigenvalue weighted by Gasteiger charge is 2.22. The number of carbonyl (C=O) groups is 2. The maximum Gasteiger partial charge on any atom is 0.227 e. The molecule has 190 valence electrons. The standard InChI is InChI=1S/C27H29BrN2O6/c1-33-22-11-5-18(6-12-22)17-30(21-15-23(34-2)27(36-4)24(16-21)35-3)26(32)14-13-25(31)29-20-9-7-19(28)8-10-20/h5-12,15-16H,13-14,17H2,1-4H3,(H,29,31). The zero-order valence-corrected chi connectivity index (χ0v) is 22.3. The molecule has 0 heterocycles. The Morgan fingerprint density at radius 2 is 1.42 bits per heavy atom. The van der Waals surface area contributed by atoms with Gasteiger partial charge in [-0.25, -0.2) is 0 Å². The zero-order valence-electron chi connectivity index (χ0n) is 20.7. The van der Waals surface area contributed by atoms with Crippen LogP contribution in [0.25, 0.3) is 0 Å². The lowest BCUT2D eigenvalue weighted by molar-refractivity contribution is -0.122. The first-order valence-electron chi connectivity index (χ1n) is 11.2. The molecule has 0 spiro atoms. The van der Waals surface area contributed by atoms with Gasteiger partial charge in [0.2, 0.25) is 17.6 Å². The number of amides is 2. The molecule has 0 saturated heterocycles. The molecule has 0 unspecified atom stereocenters. The van der Waals surface area contributed by atoms with E-state index in [0.29, 0.717) is 34.4 Å². The highest BCUT2D eigenvalue weighted by molar-refractivity contribution is 9.10. The van der Waals surface area contributed by atoms with Crippen molar-refractivity contribution < 1.29 is 28.5 Å². The van der Waals surface area contributed by atoms with Crippen LogP contribution in [0.5, 0.6) is 23.0 Å². The Morgan fingerprint density at radius 3 is 1.94 bits per heavy atom.